The summed E-state index contributed by atoms with van der Waals surface area (Å²) in [5.74, 6) is -0.630. The van der Waals surface area contributed by atoms with Gasteiger partial charge in [0.25, 0.3) is 5.91 Å². The van der Waals surface area contributed by atoms with Gasteiger partial charge in [0.05, 0.1) is 0 Å². The molecule has 0 aliphatic heterocycles. The van der Waals surface area contributed by atoms with Gasteiger partial charge in [-0.05, 0) is 17.9 Å². The molecule has 3 N–H and O–H groups in total. The Labute approximate surface area is 141 Å². The molecule has 1 aromatic carbocycles. The van der Waals surface area contributed by atoms with Crippen LogP contribution in [0.5, 0.6) is 0 Å². The maximum absolute atomic E-state index is 12.0. The van der Waals surface area contributed by atoms with Crippen molar-refractivity contribution in [3.05, 3.63) is 35.9 Å². The maximum Gasteiger partial charge on any atom is 0.408 e. The van der Waals surface area contributed by atoms with Gasteiger partial charge in [0.2, 0.25) is 0 Å². The fraction of sp³-hybridized carbons (Fsp3) is 0.467. The van der Waals surface area contributed by atoms with Crippen LogP contribution in [0, 0.1) is 5.92 Å². The topological polar surface area (TPSA) is 114 Å². The molecule has 2 atom stereocenters. The molecule has 9 heteroatoms. The fourth-order valence-corrected chi connectivity index (χ4v) is 2.07. The van der Waals surface area contributed by atoms with Gasteiger partial charge in [-0.3, -0.25) is 9.36 Å². The molecule has 0 radical (unpaired) electrons. The average molecular weight is 358 g/mol. The van der Waals surface area contributed by atoms with Crippen LogP contribution in [0.4, 0.5) is 4.79 Å². The monoisotopic (exact) mass is 358 g/mol. The van der Waals surface area contributed by atoms with Crippen molar-refractivity contribution in [3.8, 4) is 0 Å². The Morgan fingerprint density at radius 1 is 1.25 bits per heavy atom. The molecule has 0 saturated carbocycles. The lowest BCUT2D eigenvalue weighted by Crippen LogP contribution is -2.47. The molecule has 1 rings (SSSR count). The van der Waals surface area contributed by atoms with Gasteiger partial charge in [0, 0.05) is 6.66 Å². The number of amides is 2. The van der Waals surface area contributed by atoms with Crippen molar-refractivity contribution in [1.82, 2.24) is 10.8 Å². The van der Waals surface area contributed by atoms with Gasteiger partial charge in [-0.1, -0.05) is 44.2 Å². The van der Waals surface area contributed by atoms with Crippen LogP contribution in [-0.4, -0.2) is 29.6 Å². The minimum Gasteiger partial charge on any atom is -0.445 e. The molecule has 24 heavy (non-hydrogen) atoms. The van der Waals surface area contributed by atoms with Crippen molar-refractivity contribution < 1.29 is 28.4 Å². The van der Waals surface area contributed by atoms with Gasteiger partial charge in [0.15, 0.2) is 0 Å². The third-order valence-electron chi connectivity index (χ3n) is 2.84. The van der Waals surface area contributed by atoms with E-state index in [0.29, 0.717) is 6.42 Å². The highest BCUT2D eigenvalue weighted by Crippen LogP contribution is 2.34. The molecular weight excluding hydrogens is 335 g/mol. The molecule has 1 aromatic rings. The van der Waals surface area contributed by atoms with Crippen LogP contribution in [0.1, 0.15) is 25.8 Å². The number of rotatable bonds is 8. The zero-order chi connectivity index (χ0) is 18.2. The molecule has 1 unspecified atom stereocenters. The van der Waals surface area contributed by atoms with E-state index in [9.17, 15) is 14.2 Å². The lowest BCUT2D eigenvalue weighted by Gasteiger charge is -2.20. The molecule has 0 aliphatic carbocycles. The minimum atomic E-state index is -3.86. The van der Waals surface area contributed by atoms with Crippen molar-refractivity contribution in [1.29, 1.82) is 0 Å². The highest BCUT2D eigenvalue weighted by Gasteiger charge is 2.24. The first kappa shape index (κ1) is 20.2. The van der Waals surface area contributed by atoms with Crippen LogP contribution >= 0.6 is 7.60 Å². The first-order valence-corrected chi connectivity index (χ1v) is 9.46. The summed E-state index contributed by atoms with van der Waals surface area (Å²) in [5.41, 5.74) is 2.70. The largest absolute Gasteiger partial charge is 0.445 e. The van der Waals surface area contributed by atoms with Gasteiger partial charge >= 0.3 is 13.7 Å². The molecule has 0 fully saturated rings. The van der Waals surface area contributed by atoms with Crippen LogP contribution < -0.4 is 10.8 Å². The molecule has 0 spiro atoms. The van der Waals surface area contributed by atoms with Crippen LogP contribution in [0.15, 0.2) is 30.3 Å². The molecule has 2 amide bonds. The van der Waals surface area contributed by atoms with Crippen LogP contribution in [0.25, 0.3) is 0 Å². The van der Waals surface area contributed by atoms with Crippen molar-refractivity contribution in [2.24, 2.45) is 5.92 Å². The third-order valence-corrected chi connectivity index (χ3v) is 3.27. The number of hydroxylamine groups is 1. The average Bonchev–Trinajstić information content (AvgIpc) is 2.50. The van der Waals surface area contributed by atoms with E-state index in [1.54, 1.807) is 12.1 Å². The second kappa shape index (κ2) is 9.42. The van der Waals surface area contributed by atoms with Crippen molar-refractivity contribution in [3.63, 3.8) is 0 Å². The second-order valence-electron chi connectivity index (χ2n) is 5.75. The molecule has 0 aliphatic rings. The van der Waals surface area contributed by atoms with Crippen molar-refractivity contribution >= 4 is 19.6 Å². The molecule has 0 saturated heterocycles. The Morgan fingerprint density at radius 2 is 1.88 bits per heavy atom. The van der Waals surface area contributed by atoms with Crippen molar-refractivity contribution in [2.45, 2.75) is 32.9 Å². The lowest BCUT2D eigenvalue weighted by atomic mass is 10.0. The minimum absolute atomic E-state index is 0.0694. The Morgan fingerprint density at radius 3 is 2.42 bits per heavy atom. The Kier molecular flexibility index (Phi) is 7.91. The number of ether oxygens (including phenoxy) is 1. The number of carbonyl (C=O) groups is 2. The molecular formula is C15H23N2O6P. The maximum atomic E-state index is 12.0. The predicted molar refractivity (Wildman–Crippen MR) is 88.0 cm³/mol. The van der Waals surface area contributed by atoms with E-state index in [0.717, 1.165) is 12.2 Å². The molecule has 8 nitrogen and oxygen atoms in total. The van der Waals surface area contributed by atoms with Gasteiger partial charge in [-0.25, -0.2) is 10.3 Å². The van der Waals surface area contributed by atoms with Crippen molar-refractivity contribution in [2.75, 3.05) is 6.66 Å². The van der Waals surface area contributed by atoms with E-state index in [1.807, 2.05) is 37.5 Å². The van der Waals surface area contributed by atoms with E-state index in [1.165, 1.54) is 0 Å². The molecule has 134 valence electrons. The van der Waals surface area contributed by atoms with Gasteiger partial charge in [0.1, 0.15) is 12.6 Å². The zero-order valence-electron chi connectivity index (χ0n) is 13.9. The van der Waals surface area contributed by atoms with Gasteiger partial charge in [-0.2, -0.15) is 4.62 Å². The number of hydrogen-bond donors (Lipinski definition) is 3. The fourth-order valence-electron chi connectivity index (χ4n) is 1.81. The van der Waals surface area contributed by atoms with E-state index >= 15 is 0 Å². The van der Waals surface area contributed by atoms with Crippen LogP contribution in [0.3, 0.4) is 0 Å². The highest BCUT2D eigenvalue weighted by atomic mass is 31.2. The summed E-state index contributed by atoms with van der Waals surface area (Å²) in [7, 11) is -3.86. The summed E-state index contributed by atoms with van der Waals surface area (Å²) in [6.45, 7) is 4.75. The third kappa shape index (κ3) is 8.67. The smallest absolute Gasteiger partial charge is 0.408 e. The highest BCUT2D eigenvalue weighted by molar-refractivity contribution is 7.51. The van der Waals surface area contributed by atoms with E-state index < -0.39 is 25.6 Å². The summed E-state index contributed by atoms with van der Waals surface area (Å²) in [6.07, 6.45) is -0.446. The molecule has 0 bridgehead atoms. The normalized spacial score (nSPS) is 14.5. The number of hydrogen-bond acceptors (Lipinski definition) is 5. The Bertz CT molecular complexity index is 587. The first-order chi connectivity index (χ1) is 11.2. The summed E-state index contributed by atoms with van der Waals surface area (Å²) >= 11 is 0. The number of benzene rings is 1. The van der Waals surface area contributed by atoms with Gasteiger partial charge < -0.3 is 14.9 Å². The number of alkyl carbamates (subject to hydrolysis) is 1. The van der Waals surface area contributed by atoms with Crippen LogP contribution in [-0.2, 0) is 25.3 Å². The van der Waals surface area contributed by atoms with Gasteiger partial charge in [-0.15, -0.1) is 0 Å². The SMILES string of the molecule is CC(C)C[C@H](NC(=O)OCc1ccccc1)C(=O)NOP(C)(=O)O. The molecule has 0 heterocycles. The first-order valence-electron chi connectivity index (χ1n) is 7.43. The van der Waals surface area contributed by atoms with E-state index in [4.69, 9.17) is 9.63 Å². The summed E-state index contributed by atoms with van der Waals surface area (Å²) in [4.78, 5) is 32.9. The van der Waals surface area contributed by atoms with E-state index in [-0.39, 0.29) is 12.5 Å². The summed E-state index contributed by atoms with van der Waals surface area (Å²) in [5, 5.41) is 2.43. The molecule has 0 aromatic heterocycles. The summed E-state index contributed by atoms with van der Waals surface area (Å²) in [6, 6.07) is 8.15. The Hall–Kier alpha value is -1.89. The quantitative estimate of drug-likeness (QED) is 0.485. The Balaban J connectivity index is 2.56. The standard InChI is InChI=1S/C15H23N2O6P/c1-11(2)9-13(14(18)17-23-24(3,20)21)16-15(19)22-10-12-7-5-4-6-8-12/h4-8,11,13H,9-10H2,1-3H3,(H,16,19)(H,17,18)(H,20,21)/t13-/m0/s1. The lowest BCUT2D eigenvalue weighted by molar-refractivity contribution is -0.130. The summed E-state index contributed by atoms with van der Waals surface area (Å²) < 4.78 is 20.5. The number of carbonyl (C=O) groups excluding carboxylic acids is 2. The van der Waals surface area contributed by atoms with E-state index in [2.05, 4.69) is 9.94 Å². The second-order valence-corrected chi connectivity index (χ2v) is 7.54. The zero-order valence-corrected chi connectivity index (χ0v) is 14.8. The van der Waals surface area contributed by atoms with Crippen LogP contribution in [0.2, 0.25) is 0 Å². The number of nitrogens with one attached hydrogen (secondary N) is 2. The predicted octanol–water partition coefficient (Wildman–Crippen LogP) is 2.19.